The molecule has 0 aliphatic heterocycles. The Labute approximate surface area is 78.1 Å². The van der Waals surface area contributed by atoms with E-state index >= 15 is 0 Å². The van der Waals surface area contributed by atoms with Crippen molar-refractivity contribution in [2.24, 2.45) is 11.7 Å². The largest absolute Gasteiger partial charge is 0.330 e. The van der Waals surface area contributed by atoms with E-state index in [0.717, 1.165) is 24.7 Å². The zero-order valence-electron chi connectivity index (χ0n) is 7.82. The van der Waals surface area contributed by atoms with Crippen molar-refractivity contribution >= 4 is 0 Å². The van der Waals surface area contributed by atoms with Crippen LogP contribution in [0.15, 0.2) is 6.33 Å². The van der Waals surface area contributed by atoms with Crippen molar-refractivity contribution in [2.45, 2.75) is 32.2 Å². The molecule has 1 aromatic heterocycles. The van der Waals surface area contributed by atoms with Gasteiger partial charge in [-0.1, -0.05) is 6.42 Å². The van der Waals surface area contributed by atoms with E-state index < -0.39 is 0 Å². The van der Waals surface area contributed by atoms with E-state index in [2.05, 4.69) is 10.1 Å². The van der Waals surface area contributed by atoms with Crippen LogP contribution in [-0.2, 0) is 13.0 Å². The van der Waals surface area contributed by atoms with Gasteiger partial charge >= 0.3 is 0 Å². The average molecular weight is 180 g/mol. The molecule has 1 aliphatic rings. The molecule has 0 spiro atoms. The first-order valence-corrected chi connectivity index (χ1v) is 4.97. The summed E-state index contributed by atoms with van der Waals surface area (Å²) in [6, 6.07) is 0. The molecular weight excluding hydrogens is 164 g/mol. The van der Waals surface area contributed by atoms with Crippen LogP contribution >= 0.6 is 0 Å². The minimum atomic E-state index is 0.656. The summed E-state index contributed by atoms with van der Waals surface area (Å²) in [7, 11) is 0. The SMILES string of the molecule is NCCc1ncnn1CC1CCC1. The fourth-order valence-electron chi connectivity index (χ4n) is 1.68. The second kappa shape index (κ2) is 3.87. The van der Waals surface area contributed by atoms with Gasteiger partial charge < -0.3 is 5.73 Å². The van der Waals surface area contributed by atoms with Gasteiger partial charge in [0.1, 0.15) is 12.2 Å². The molecule has 13 heavy (non-hydrogen) atoms. The molecule has 0 saturated heterocycles. The molecule has 1 aliphatic carbocycles. The van der Waals surface area contributed by atoms with E-state index in [1.54, 1.807) is 6.33 Å². The third-order valence-corrected chi connectivity index (χ3v) is 2.72. The number of rotatable bonds is 4. The van der Waals surface area contributed by atoms with Crippen molar-refractivity contribution in [1.29, 1.82) is 0 Å². The highest BCUT2D eigenvalue weighted by Gasteiger charge is 2.19. The van der Waals surface area contributed by atoms with Crippen molar-refractivity contribution in [3.8, 4) is 0 Å². The third kappa shape index (κ3) is 1.88. The summed E-state index contributed by atoms with van der Waals surface area (Å²) in [5, 5.41) is 4.21. The van der Waals surface area contributed by atoms with E-state index in [4.69, 9.17) is 5.73 Å². The summed E-state index contributed by atoms with van der Waals surface area (Å²) in [5.74, 6) is 1.87. The van der Waals surface area contributed by atoms with Crippen molar-refractivity contribution in [3.05, 3.63) is 12.2 Å². The minimum Gasteiger partial charge on any atom is -0.330 e. The van der Waals surface area contributed by atoms with Crippen molar-refractivity contribution in [2.75, 3.05) is 6.54 Å². The Bertz CT molecular complexity index is 264. The van der Waals surface area contributed by atoms with Gasteiger partial charge in [0.2, 0.25) is 0 Å². The second-order valence-electron chi connectivity index (χ2n) is 3.69. The standard InChI is InChI=1S/C9H16N4/c10-5-4-9-11-7-12-13(9)6-8-2-1-3-8/h7-8H,1-6,10H2. The fourth-order valence-corrected chi connectivity index (χ4v) is 1.68. The molecule has 0 aromatic carbocycles. The van der Waals surface area contributed by atoms with E-state index in [9.17, 15) is 0 Å². The van der Waals surface area contributed by atoms with Gasteiger partial charge in [-0.15, -0.1) is 0 Å². The first-order chi connectivity index (χ1) is 6.40. The number of hydrogen-bond donors (Lipinski definition) is 1. The topological polar surface area (TPSA) is 56.7 Å². The molecule has 1 heterocycles. The summed E-state index contributed by atoms with van der Waals surface area (Å²) in [4.78, 5) is 4.19. The van der Waals surface area contributed by atoms with Gasteiger partial charge in [-0.2, -0.15) is 5.10 Å². The Morgan fingerprint density at radius 1 is 1.54 bits per heavy atom. The second-order valence-corrected chi connectivity index (χ2v) is 3.69. The maximum absolute atomic E-state index is 5.48. The van der Waals surface area contributed by atoms with E-state index in [1.165, 1.54) is 19.3 Å². The van der Waals surface area contributed by atoms with Gasteiger partial charge in [0.25, 0.3) is 0 Å². The number of nitrogens with two attached hydrogens (primary N) is 1. The fraction of sp³-hybridized carbons (Fsp3) is 0.778. The molecular formula is C9H16N4. The Morgan fingerprint density at radius 2 is 2.38 bits per heavy atom. The zero-order valence-corrected chi connectivity index (χ0v) is 7.82. The Kier molecular flexibility index (Phi) is 2.59. The van der Waals surface area contributed by atoms with E-state index in [-0.39, 0.29) is 0 Å². The van der Waals surface area contributed by atoms with Crippen LogP contribution in [0.1, 0.15) is 25.1 Å². The quantitative estimate of drug-likeness (QED) is 0.737. The molecule has 72 valence electrons. The lowest BCUT2D eigenvalue weighted by atomic mass is 9.85. The van der Waals surface area contributed by atoms with Crippen molar-refractivity contribution < 1.29 is 0 Å². The summed E-state index contributed by atoms with van der Waals surface area (Å²) >= 11 is 0. The average Bonchev–Trinajstić information content (AvgIpc) is 2.46. The molecule has 0 unspecified atom stereocenters. The zero-order chi connectivity index (χ0) is 9.10. The summed E-state index contributed by atoms with van der Waals surface area (Å²) in [6.45, 7) is 1.69. The molecule has 0 bridgehead atoms. The van der Waals surface area contributed by atoms with Gasteiger partial charge in [0, 0.05) is 13.0 Å². The normalized spacial score (nSPS) is 17.3. The number of aromatic nitrogens is 3. The summed E-state index contributed by atoms with van der Waals surface area (Å²) in [6.07, 6.45) is 6.55. The van der Waals surface area contributed by atoms with Gasteiger partial charge in [-0.3, -0.25) is 0 Å². The minimum absolute atomic E-state index is 0.656. The first-order valence-electron chi connectivity index (χ1n) is 4.97. The van der Waals surface area contributed by atoms with Crippen LogP contribution in [-0.4, -0.2) is 21.3 Å². The highest BCUT2D eigenvalue weighted by Crippen LogP contribution is 2.27. The molecule has 0 radical (unpaired) electrons. The van der Waals surface area contributed by atoms with E-state index in [1.807, 2.05) is 4.68 Å². The van der Waals surface area contributed by atoms with Crippen LogP contribution in [0.2, 0.25) is 0 Å². The number of hydrogen-bond acceptors (Lipinski definition) is 3. The molecule has 1 saturated carbocycles. The summed E-state index contributed by atoms with van der Waals surface area (Å²) in [5.41, 5.74) is 5.48. The monoisotopic (exact) mass is 180 g/mol. The highest BCUT2D eigenvalue weighted by molar-refractivity contribution is 4.86. The lowest BCUT2D eigenvalue weighted by Crippen LogP contribution is -2.21. The van der Waals surface area contributed by atoms with Crippen LogP contribution in [0.5, 0.6) is 0 Å². The van der Waals surface area contributed by atoms with Crippen LogP contribution < -0.4 is 5.73 Å². The van der Waals surface area contributed by atoms with Gasteiger partial charge in [0.05, 0.1) is 0 Å². The molecule has 1 fully saturated rings. The first kappa shape index (κ1) is 8.69. The molecule has 4 nitrogen and oxygen atoms in total. The number of nitrogens with zero attached hydrogens (tertiary/aromatic N) is 3. The smallest absolute Gasteiger partial charge is 0.138 e. The maximum atomic E-state index is 5.48. The van der Waals surface area contributed by atoms with Crippen LogP contribution in [0, 0.1) is 5.92 Å². The predicted octanol–water partition coefficient (Wildman–Crippen LogP) is 0.579. The Morgan fingerprint density at radius 3 is 3.00 bits per heavy atom. The third-order valence-electron chi connectivity index (χ3n) is 2.72. The Hall–Kier alpha value is -0.900. The predicted molar refractivity (Wildman–Crippen MR) is 50.1 cm³/mol. The van der Waals surface area contributed by atoms with Crippen LogP contribution in [0.4, 0.5) is 0 Å². The lowest BCUT2D eigenvalue weighted by Gasteiger charge is -2.25. The van der Waals surface area contributed by atoms with Gasteiger partial charge in [-0.25, -0.2) is 9.67 Å². The van der Waals surface area contributed by atoms with Crippen LogP contribution in [0.25, 0.3) is 0 Å². The molecule has 2 rings (SSSR count). The van der Waals surface area contributed by atoms with E-state index in [0.29, 0.717) is 6.54 Å². The maximum Gasteiger partial charge on any atom is 0.138 e. The van der Waals surface area contributed by atoms with Crippen LogP contribution in [0.3, 0.4) is 0 Å². The molecule has 0 amide bonds. The molecule has 0 atom stereocenters. The Balaban J connectivity index is 1.96. The summed E-state index contributed by atoms with van der Waals surface area (Å²) < 4.78 is 2.01. The highest BCUT2D eigenvalue weighted by atomic mass is 15.3. The molecule has 2 N–H and O–H groups in total. The molecule has 1 aromatic rings. The van der Waals surface area contributed by atoms with Crippen molar-refractivity contribution in [1.82, 2.24) is 14.8 Å². The van der Waals surface area contributed by atoms with Gasteiger partial charge in [-0.05, 0) is 25.3 Å². The lowest BCUT2D eigenvalue weighted by molar-refractivity contribution is 0.263. The van der Waals surface area contributed by atoms with Crippen molar-refractivity contribution in [3.63, 3.8) is 0 Å². The molecule has 4 heteroatoms. The van der Waals surface area contributed by atoms with Gasteiger partial charge in [0.15, 0.2) is 0 Å².